The molecule has 2 aliphatic heterocycles. The molecule has 1 N–H and O–H groups in total. The summed E-state index contributed by atoms with van der Waals surface area (Å²) in [4.78, 5) is 42.8. The molecule has 0 aromatic heterocycles. The van der Waals surface area contributed by atoms with Crippen molar-refractivity contribution in [1.82, 2.24) is 4.90 Å². The zero-order valence-corrected chi connectivity index (χ0v) is 19.6. The molecule has 2 atom stereocenters. The van der Waals surface area contributed by atoms with Crippen LogP contribution in [-0.4, -0.2) is 68.9 Å². The first-order chi connectivity index (χ1) is 15.9. The standard InChI is InChI=1S/C25H27ClN2O5/c1-16-15-19(32-2)7-8-20(16)23(29)21-22(17-3-5-18(26)6-4-17)28(25(31)24(21)30)10-9-27-11-13-33-14-12-27/h3-8,15,21-22H,9-14H2,1-2H3/p+1. The number of hydrogen-bond donors (Lipinski definition) is 1. The summed E-state index contributed by atoms with van der Waals surface area (Å²) in [6, 6.07) is 11.4. The van der Waals surface area contributed by atoms with Gasteiger partial charge in [-0.3, -0.25) is 14.4 Å². The molecule has 1 amide bonds. The molecule has 0 saturated carbocycles. The Bertz CT molecular complexity index is 1050. The lowest BCUT2D eigenvalue weighted by Gasteiger charge is -2.30. The lowest BCUT2D eigenvalue weighted by Crippen LogP contribution is -3.14. The van der Waals surface area contributed by atoms with Crippen molar-refractivity contribution in [3.63, 3.8) is 0 Å². The number of nitrogens with one attached hydrogen (secondary N) is 1. The molecule has 0 spiro atoms. The predicted molar refractivity (Wildman–Crippen MR) is 123 cm³/mol. The number of nitrogens with zero attached hydrogens (tertiary/aromatic N) is 1. The number of aryl methyl sites for hydroxylation is 1. The van der Waals surface area contributed by atoms with Gasteiger partial charge in [0.1, 0.15) is 24.8 Å². The van der Waals surface area contributed by atoms with Crippen molar-refractivity contribution in [3.8, 4) is 5.75 Å². The van der Waals surface area contributed by atoms with Gasteiger partial charge in [-0.2, -0.15) is 0 Å². The summed E-state index contributed by atoms with van der Waals surface area (Å²) in [5, 5.41) is 0.549. The van der Waals surface area contributed by atoms with Gasteiger partial charge in [0.2, 0.25) is 5.78 Å². The monoisotopic (exact) mass is 471 g/mol. The first-order valence-electron chi connectivity index (χ1n) is 11.1. The normalized spacial score (nSPS) is 21.5. The zero-order chi connectivity index (χ0) is 23.5. The van der Waals surface area contributed by atoms with Gasteiger partial charge in [0, 0.05) is 10.6 Å². The lowest BCUT2D eigenvalue weighted by molar-refractivity contribution is -0.907. The summed E-state index contributed by atoms with van der Waals surface area (Å²) in [5.41, 5.74) is 1.84. The van der Waals surface area contributed by atoms with Crippen LogP contribution in [0, 0.1) is 12.8 Å². The topological polar surface area (TPSA) is 77.4 Å². The smallest absolute Gasteiger partial charge is 0.291 e. The van der Waals surface area contributed by atoms with Gasteiger partial charge in [0.25, 0.3) is 5.91 Å². The van der Waals surface area contributed by atoms with Gasteiger partial charge in [-0.05, 0) is 48.4 Å². The fourth-order valence-corrected chi connectivity index (χ4v) is 4.78. The summed E-state index contributed by atoms with van der Waals surface area (Å²) in [7, 11) is 1.56. The molecule has 2 aliphatic rings. The Hall–Kier alpha value is -2.74. The molecule has 8 heteroatoms. The van der Waals surface area contributed by atoms with E-state index in [1.54, 1.807) is 61.4 Å². The number of carbonyl (C=O) groups excluding carboxylic acids is 3. The number of halogens is 1. The van der Waals surface area contributed by atoms with Crippen LogP contribution in [0.1, 0.15) is 27.5 Å². The second kappa shape index (κ2) is 10.0. The first kappa shape index (κ1) is 23.4. The highest BCUT2D eigenvalue weighted by molar-refractivity contribution is 6.44. The quantitative estimate of drug-likeness (QED) is 0.376. The molecule has 7 nitrogen and oxygen atoms in total. The van der Waals surface area contributed by atoms with E-state index >= 15 is 0 Å². The molecular formula is C25H28ClN2O5+. The molecule has 4 rings (SSSR count). The number of quaternary nitrogens is 1. The van der Waals surface area contributed by atoms with E-state index in [9.17, 15) is 14.4 Å². The van der Waals surface area contributed by atoms with Crippen molar-refractivity contribution < 1.29 is 28.8 Å². The third-order valence-corrected chi connectivity index (χ3v) is 6.76. The van der Waals surface area contributed by atoms with Crippen LogP contribution in [0.5, 0.6) is 5.75 Å². The highest BCUT2D eigenvalue weighted by Crippen LogP contribution is 2.39. The van der Waals surface area contributed by atoms with E-state index in [1.165, 1.54) is 4.90 Å². The lowest BCUT2D eigenvalue weighted by atomic mass is 9.85. The van der Waals surface area contributed by atoms with Crippen LogP contribution >= 0.6 is 11.6 Å². The molecule has 0 radical (unpaired) electrons. The van der Waals surface area contributed by atoms with Crippen LogP contribution in [0.4, 0.5) is 0 Å². The Balaban J connectivity index is 1.67. The molecular weight excluding hydrogens is 444 g/mol. The van der Waals surface area contributed by atoms with Crippen molar-refractivity contribution in [2.45, 2.75) is 13.0 Å². The molecule has 0 bridgehead atoms. The van der Waals surface area contributed by atoms with Gasteiger partial charge in [0.05, 0.1) is 39.5 Å². The minimum absolute atomic E-state index is 0.352. The second-order valence-electron chi connectivity index (χ2n) is 8.49. The van der Waals surface area contributed by atoms with Crippen LogP contribution < -0.4 is 9.64 Å². The average molecular weight is 472 g/mol. The number of morpholine rings is 1. The van der Waals surface area contributed by atoms with Crippen molar-refractivity contribution in [2.24, 2.45) is 5.92 Å². The van der Waals surface area contributed by atoms with Crippen LogP contribution in [0.15, 0.2) is 42.5 Å². The molecule has 174 valence electrons. The third-order valence-electron chi connectivity index (χ3n) is 6.50. The average Bonchev–Trinajstić information content (AvgIpc) is 3.08. The van der Waals surface area contributed by atoms with E-state index < -0.39 is 23.7 Å². The fourth-order valence-electron chi connectivity index (χ4n) is 4.66. The molecule has 2 aromatic carbocycles. The number of amides is 1. The molecule has 33 heavy (non-hydrogen) atoms. The maximum Gasteiger partial charge on any atom is 0.291 e. The number of ether oxygens (including phenoxy) is 2. The minimum Gasteiger partial charge on any atom is -0.497 e. The Morgan fingerprint density at radius 3 is 2.48 bits per heavy atom. The van der Waals surface area contributed by atoms with Crippen LogP contribution in [0.3, 0.4) is 0 Å². The maximum absolute atomic E-state index is 13.6. The summed E-state index contributed by atoms with van der Waals surface area (Å²) in [6.45, 7) is 5.95. The number of hydrogen-bond acceptors (Lipinski definition) is 5. The molecule has 2 aromatic rings. The summed E-state index contributed by atoms with van der Waals surface area (Å²) in [5.74, 6) is -2.10. The van der Waals surface area contributed by atoms with Crippen LogP contribution in [-0.2, 0) is 14.3 Å². The number of methoxy groups -OCH3 is 1. The molecule has 2 heterocycles. The van der Waals surface area contributed by atoms with Gasteiger partial charge >= 0.3 is 0 Å². The first-order valence-corrected chi connectivity index (χ1v) is 11.5. The summed E-state index contributed by atoms with van der Waals surface area (Å²) >= 11 is 6.08. The minimum atomic E-state index is -1.11. The molecule has 2 unspecified atom stereocenters. The third kappa shape index (κ3) is 4.81. The number of ketones is 2. The van der Waals surface area contributed by atoms with Crippen LogP contribution in [0.25, 0.3) is 0 Å². The second-order valence-corrected chi connectivity index (χ2v) is 8.93. The molecule has 0 aliphatic carbocycles. The number of rotatable bonds is 7. The van der Waals surface area contributed by atoms with Crippen LogP contribution in [0.2, 0.25) is 5.02 Å². The van der Waals surface area contributed by atoms with E-state index in [-0.39, 0.29) is 5.78 Å². The van der Waals surface area contributed by atoms with Crippen molar-refractivity contribution >= 4 is 29.1 Å². The van der Waals surface area contributed by atoms with Gasteiger partial charge in [0.15, 0.2) is 5.78 Å². The Morgan fingerprint density at radius 1 is 1.15 bits per heavy atom. The summed E-state index contributed by atoms with van der Waals surface area (Å²) < 4.78 is 10.7. The van der Waals surface area contributed by atoms with Gasteiger partial charge in [-0.1, -0.05) is 23.7 Å². The SMILES string of the molecule is COc1ccc(C(=O)C2C(=O)C(=O)N(CC[NH+]3CCOCC3)C2c2ccc(Cl)cc2)c(C)c1. The molecule has 2 fully saturated rings. The maximum atomic E-state index is 13.6. The van der Waals surface area contributed by atoms with Crippen molar-refractivity contribution in [3.05, 3.63) is 64.2 Å². The van der Waals surface area contributed by atoms with E-state index in [1.807, 2.05) is 0 Å². The number of Topliss-reactive ketones (excluding diaryl/α,β-unsaturated/α-hetero) is 2. The van der Waals surface area contributed by atoms with E-state index in [0.29, 0.717) is 48.2 Å². The predicted octanol–water partition coefficient (Wildman–Crippen LogP) is 1.52. The van der Waals surface area contributed by atoms with Gasteiger partial charge < -0.3 is 19.3 Å². The van der Waals surface area contributed by atoms with E-state index in [4.69, 9.17) is 21.1 Å². The van der Waals surface area contributed by atoms with E-state index in [2.05, 4.69) is 0 Å². The number of carbonyl (C=O) groups is 3. The Kier molecular flexibility index (Phi) is 7.12. The largest absolute Gasteiger partial charge is 0.497 e. The highest BCUT2D eigenvalue weighted by Gasteiger charge is 2.52. The Labute approximate surface area is 198 Å². The van der Waals surface area contributed by atoms with Crippen molar-refractivity contribution in [1.29, 1.82) is 0 Å². The van der Waals surface area contributed by atoms with Gasteiger partial charge in [-0.15, -0.1) is 0 Å². The summed E-state index contributed by atoms with van der Waals surface area (Å²) in [6.07, 6.45) is 0. The number of benzene rings is 2. The Morgan fingerprint density at radius 2 is 1.85 bits per heavy atom. The van der Waals surface area contributed by atoms with Gasteiger partial charge in [-0.25, -0.2) is 0 Å². The fraction of sp³-hybridized carbons (Fsp3) is 0.400. The molecule has 2 saturated heterocycles. The van der Waals surface area contributed by atoms with E-state index in [0.717, 1.165) is 18.7 Å². The highest BCUT2D eigenvalue weighted by atomic mass is 35.5. The van der Waals surface area contributed by atoms with Crippen molar-refractivity contribution in [2.75, 3.05) is 46.5 Å². The zero-order valence-electron chi connectivity index (χ0n) is 18.8. The number of likely N-dealkylation sites (tertiary alicyclic amines) is 1.